The van der Waals surface area contributed by atoms with Crippen LogP contribution >= 0.6 is 0 Å². The maximum atomic E-state index is 13.1. The maximum Gasteiger partial charge on any atom is 0.243 e. The second-order valence-corrected chi connectivity index (χ2v) is 7.15. The molecule has 3 aromatic rings. The predicted octanol–water partition coefficient (Wildman–Crippen LogP) is 4.48. The van der Waals surface area contributed by atoms with Crippen LogP contribution in [0.3, 0.4) is 0 Å². The Balaban J connectivity index is 1.88. The van der Waals surface area contributed by atoms with Crippen molar-refractivity contribution in [1.82, 2.24) is 14.9 Å². The van der Waals surface area contributed by atoms with E-state index >= 15 is 0 Å². The number of hydrogen-bond acceptors (Lipinski definition) is 3. The lowest BCUT2D eigenvalue weighted by atomic mass is 9.98. The molecule has 0 aliphatic rings. The molecular weight excluding hydrogens is 350 g/mol. The highest BCUT2D eigenvalue weighted by molar-refractivity contribution is 5.81. The molecule has 1 amide bonds. The summed E-state index contributed by atoms with van der Waals surface area (Å²) in [6.07, 6.45) is 3.61. The van der Waals surface area contributed by atoms with Gasteiger partial charge in [0.15, 0.2) is 0 Å². The number of rotatable bonds is 7. The quantitative estimate of drug-likeness (QED) is 0.660. The molecule has 1 aromatic heterocycles. The van der Waals surface area contributed by atoms with Crippen LogP contribution in [0.15, 0.2) is 67.0 Å². The first-order valence-corrected chi connectivity index (χ1v) is 9.53. The standard InChI is InChI=1S/C23H27N3O2/c1-16(2)22-24-14-15-26(22)17(3)23(27)25-21(18-8-6-5-7-9-18)19-10-12-20(28-4)13-11-19/h5-17,21H,1-4H3,(H,25,27)/t17-,21-/m0/s1. The lowest BCUT2D eigenvalue weighted by Crippen LogP contribution is -2.35. The predicted molar refractivity (Wildman–Crippen MR) is 110 cm³/mol. The molecule has 2 aromatic carbocycles. The highest BCUT2D eigenvalue weighted by Gasteiger charge is 2.23. The molecule has 0 saturated heterocycles. The van der Waals surface area contributed by atoms with Gasteiger partial charge in [-0.3, -0.25) is 4.79 Å². The van der Waals surface area contributed by atoms with Crippen molar-refractivity contribution in [2.24, 2.45) is 0 Å². The van der Waals surface area contributed by atoms with Crippen LogP contribution in [0.1, 0.15) is 55.7 Å². The Bertz CT molecular complexity index is 901. The van der Waals surface area contributed by atoms with Crippen molar-refractivity contribution < 1.29 is 9.53 Å². The lowest BCUT2D eigenvalue weighted by molar-refractivity contribution is -0.124. The van der Waals surface area contributed by atoms with E-state index in [1.165, 1.54) is 0 Å². The molecule has 28 heavy (non-hydrogen) atoms. The summed E-state index contributed by atoms with van der Waals surface area (Å²) >= 11 is 0. The Morgan fingerprint density at radius 1 is 1.00 bits per heavy atom. The molecule has 3 rings (SSSR count). The molecule has 0 unspecified atom stereocenters. The van der Waals surface area contributed by atoms with Gasteiger partial charge in [0, 0.05) is 18.3 Å². The summed E-state index contributed by atoms with van der Waals surface area (Å²) in [7, 11) is 1.64. The second-order valence-electron chi connectivity index (χ2n) is 7.15. The van der Waals surface area contributed by atoms with Crippen molar-refractivity contribution in [2.45, 2.75) is 38.8 Å². The average Bonchev–Trinajstić information content (AvgIpc) is 3.22. The van der Waals surface area contributed by atoms with Gasteiger partial charge in [0.1, 0.15) is 17.6 Å². The molecule has 0 aliphatic heterocycles. The Morgan fingerprint density at radius 3 is 2.25 bits per heavy atom. The first kappa shape index (κ1) is 19.7. The van der Waals surface area contributed by atoms with Crippen molar-refractivity contribution in [2.75, 3.05) is 7.11 Å². The van der Waals surface area contributed by atoms with Gasteiger partial charge >= 0.3 is 0 Å². The molecule has 5 nitrogen and oxygen atoms in total. The maximum absolute atomic E-state index is 13.1. The number of nitrogens with one attached hydrogen (secondary N) is 1. The number of aromatic nitrogens is 2. The first-order chi connectivity index (χ1) is 13.5. The van der Waals surface area contributed by atoms with Crippen LogP contribution in [0.25, 0.3) is 0 Å². The smallest absolute Gasteiger partial charge is 0.243 e. The van der Waals surface area contributed by atoms with Gasteiger partial charge in [0.25, 0.3) is 0 Å². The van der Waals surface area contributed by atoms with Gasteiger partial charge in [0.2, 0.25) is 5.91 Å². The van der Waals surface area contributed by atoms with Crippen molar-refractivity contribution in [3.8, 4) is 5.75 Å². The van der Waals surface area contributed by atoms with Crippen LogP contribution in [0.2, 0.25) is 0 Å². The van der Waals surface area contributed by atoms with E-state index in [9.17, 15) is 4.79 Å². The van der Waals surface area contributed by atoms with Crippen molar-refractivity contribution in [1.29, 1.82) is 0 Å². The van der Waals surface area contributed by atoms with Gasteiger partial charge < -0.3 is 14.6 Å². The molecule has 2 atom stereocenters. The summed E-state index contributed by atoms with van der Waals surface area (Å²) < 4.78 is 7.20. The molecule has 1 N–H and O–H groups in total. The third-order valence-corrected chi connectivity index (χ3v) is 4.88. The van der Waals surface area contributed by atoms with Crippen molar-refractivity contribution in [3.63, 3.8) is 0 Å². The fourth-order valence-corrected chi connectivity index (χ4v) is 3.29. The monoisotopic (exact) mass is 377 g/mol. The third-order valence-electron chi connectivity index (χ3n) is 4.88. The number of hydrogen-bond donors (Lipinski definition) is 1. The highest BCUT2D eigenvalue weighted by Crippen LogP contribution is 2.25. The normalized spacial score (nSPS) is 13.2. The van der Waals surface area contributed by atoms with E-state index in [1.807, 2.05) is 72.3 Å². The number of carbonyl (C=O) groups is 1. The van der Waals surface area contributed by atoms with Gasteiger partial charge in [0.05, 0.1) is 13.2 Å². The molecule has 0 radical (unpaired) electrons. The number of benzene rings is 2. The molecule has 5 heteroatoms. The summed E-state index contributed by atoms with van der Waals surface area (Å²) in [5.41, 5.74) is 2.03. The van der Waals surface area contributed by atoms with Crippen LogP contribution < -0.4 is 10.1 Å². The van der Waals surface area contributed by atoms with Gasteiger partial charge in [-0.25, -0.2) is 4.98 Å². The van der Waals surface area contributed by atoms with Gasteiger partial charge in [-0.15, -0.1) is 0 Å². The Labute approximate surface area is 166 Å². The SMILES string of the molecule is COc1ccc([C@@H](NC(=O)[C@H](C)n2ccnc2C(C)C)c2ccccc2)cc1. The fourth-order valence-electron chi connectivity index (χ4n) is 3.29. The first-order valence-electron chi connectivity index (χ1n) is 9.53. The number of imidazole rings is 1. The minimum Gasteiger partial charge on any atom is -0.497 e. The number of ether oxygens (including phenoxy) is 1. The van der Waals surface area contributed by atoms with Gasteiger partial charge in [-0.05, 0) is 30.2 Å². The minimum absolute atomic E-state index is 0.0513. The van der Waals surface area contributed by atoms with E-state index in [0.717, 1.165) is 22.7 Å². The lowest BCUT2D eigenvalue weighted by Gasteiger charge is -2.24. The third kappa shape index (κ3) is 4.25. The zero-order chi connectivity index (χ0) is 20.1. The Hall–Kier alpha value is -3.08. The van der Waals surface area contributed by atoms with E-state index in [-0.39, 0.29) is 23.9 Å². The summed E-state index contributed by atoms with van der Waals surface area (Å²) in [6.45, 7) is 6.06. The van der Waals surface area contributed by atoms with Gasteiger partial charge in [-0.1, -0.05) is 56.3 Å². The van der Waals surface area contributed by atoms with Gasteiger partial charge in [-0.2, -0.15) is 0 Å². The second kappa shape index (κ2) is 8.74. The molecular formula is C23H27N3O2. The van der Waals surface area contributed by atoms with Crippen LogP contribution in [0, 0.1) is 0 Å². The Kier molecular flexibility index (Phi) is 6.14. The topological polar surface area (TPSA) is 56.1 Å². The highest BCUT2D eigenvalue weighted by atomic mass is 16.5. The minimum atomic E-state index is -0.357. The fraction of sp³-hybridized carbons (Fsp3) is 0.304. The number of nitrogens with zero attached hydrogens (tertiary/aromatic N) is 2. The number of methoxy groups -OCH3 is 1. The summed E-state index contributed by atoms with van der Waals surface area (Å²) in [6, 6.07) is 17.2. The summed E-state index contributed by atoms with van der Waals surface area (Å²) in [5.74, 6) is 1.89. The zero-order valence-corrected chi connectivity index (χ0v) is 16.8. The van der Waals surface area contributed by atoms with E-state index in [0.29, 0.717) is 0 Å². The molecule has 1 heterocycles. The zero-order valence-electron chi connectivity index (χ0n) is 16.8. The van der Waals surface area contributed by atoms with E-state index in [4.69, 9.17) is 4.74 Å². The molecule has 0 fully saturated rings. The average molecular weight is 377 g/mol. The van der Waals surface area contributed by atoms with Crippen molar-refractivity contribution >= 4 is 5.91 Å². The van der Waals surface area contributed by atoms with E-state index in [1.54, 1.807) is 13.3 Å². The van der Waals surface area contributed by atoms with Crippen LogP contribution in [0.4, 0.5) is 0 Å². The van der Waals surface area contributed by atoms with Crippen LogP contribution in [-0.4, -0.2) is 22.6 Å². The molecule has 0 saturated carbocycles. The molecule has 146 valence electrons. The van der Waals surface area contributed by atoms with E-state index < -0.39 is 0 Å². The van der Waals surface area contributed by atoms with E-state index in [2.05, 4.69) is 24.1 Å². The number of carbonyl (C=O) groups excluding carboxylic acids is 1. The molecule has 0 aliphatic carbocycles. The van der Waals surface area contributed by atoms with Crippen LogP contribution in [-0.2, 0) is 4.79 Å². The van der Waals surface area contributed by atoms with Crippen LogP contribution in [0.5, 0.6) is 5.75 Å². The molecule has 0 spiro atoms. The van der Waals surface area contributed by atoms with Crippen molar-refractivity contribution in [3.05, 3.63) is 83.9 Å². The largest absolute Gasteiger partial charge is 0.497 e. The Morgan fingerprint density at radius 2 is 1.64 bits per heavy atom. The number of amides is 1. The summed E-state index contributed by atoms with van der Waals surface area (Å²) in [4.78, 5) is 17.5. The summed E-state index contributed by atoms with van der Waals surface area (Å²) in [5, 5.41) is 3.21. The molecule has 0 bridgehead atoms.